The van der Waals surface area contributed by atoms with E-state index in [0.717, 1.165) is 17.5 Å². The molecule has 0 aliphatic carbocycles. The standard InChI is InChI=1S/C11H12FNO/c12-6-8-13-7-5-9-3-1-2-4-10(9)11(13)14/h1-4H,5-8H2. The zero-order valence-electron chi connectivity index (χ0n) is 7.87. The van der Waals surface area contributed by atoms with Gasteiger partial charge in [-0.05, 0) is 18.1 Å². The van der Waals surface area contributed by atoms with Crippen molar-refractivity contribution in [1.29, 1.82) is 0 Å². The number of carbonyl (C=O) groups is 1. The van der Waals surface area contributed by atoms with Gasteiger partial charge in [-0.15, -0.1) is 0 Å². The third-order valence-corrected chi connectivity index (χ3v) is 2.54. The fraction of sp³-hybridized carbons (Fsp3) is 0.364. The van der Waals surface area contributed by atoms with E-state index in [1.165, 1.54) is 0 Å². The fourth-order valence-electron chi connectivity index (χ4n) is 1.79. The second-order valence-electron chi connectivity index (χ2n) is 3.39. The number of nitrogens with zero attached hydrogens (tertiary/aromatic N) is 1. The van der Waals surface area contributed by atoms with Crippen molar-refractivity contribution in [1.82, 2.24) is 4.90 Å². The van der Waals surface area contributed by atoms with Gasteiger partial charge < -0.3 is 4.90 Å². The second kappa shape index (κ2) is 3.78. The maximum atomic E-state index is 12.1. The van der Waals surface area contributed by atoms with Crippen LogP contribution >= 0.6 is 0 Å². The van der Waals surface area contributed by atoms with Crippen molar-refractivity contribution in [2.24, 2.45) is 0 Å². The molecule has 1 aromatic rings. The summed E-state index contributed by atoms with van der Waals surface area (Å²) in [6, 6.07) is 7.54. The number of benzene rings is 1. The Bertz CT molecular complexity index is 351. The van der Waals surface area contributed by atoms with Crippen molar-refractivity contribution in [3.8, 4) is 0 Å². The van der Waals surface area contributed by atoms with Gasteiger partial charge in [-0.25, -0.2) is 4.39 Å². The van der Waals surface area contributed by atoms with E-state index in [4.69, 9.17) is 0 Å². The molecule has 1 aliphatic rings. The summed E-state index contributed by atoms with van der Waals surface area (Å²) >= 11 is 0. The van der Waals surface area contributed by atoms with E-state index in [0.29, 0.717) is 6.54 Å². The zero-order chi connectivity index (χ0) is 9.97. The highest BCUT2D eigenvalue weighted by Crippen LogP contribution is 2.17. The molecule has 14 heavy (non-hydrogen) atoms. The zero-order valence-corrected chi connectivity index (χ0v) is 7.87. The minimum absolute atomic E-state index is 0.0375. The van der Waals surface area contributed by atoms with E-state index in [2.05, 4.69) is 0 Å². The molecule has 1 amide bonds. The molecule has 1 aromatic carbocycles. The normalized spacial score (nSPS) is 15.5. The Labute approximate surface area is 82.3 Å². The molecule has 2 nitrogen and oxygen atoms in total. The first kappa shape index (κ1) is 9.19. The van der Waals surface area contributed by atoms with Crippen LogP contribution in [0.3, 0.4) is 0 Å². The molecule has 0 saturated carbocycles. The lowest BCUT2D eigenvalue weighted by atomic mass is 9.99. The summed E-state index contributed by atoms with van der Waals surface area (Å²) in [6.07, 6.45) is 0.835. The molecule has 2 rings (SSSR count). The topological polar surface area (TPSA) is 20.3 Å². The van der Waals surface area contributed by atoms with E-state index in [1.54, 1.807) is 4.90 Å². The minimum Gasteiger partial charge on any atom is -0.336 e. The minimum atomic E-state index is -0.464. The summed E-state index contributed by atoms with van der Waals surface area (Å²) in [6.45, 7) is 0.390. The van der Waals surface area contributed by atoms with Crippen LogP contribution in [-0.2, 0) is 6.42 Å². The van der Waals surface area contributed by atoms with Crippen LogP contribution in [0.5, 0.6) is 0 Å². The molecule has 1 heterocycles. The van der Waals surface area contributed by atoms with Gasteiger partial charge in [0.15, 0.2) is 0 Å². The average Bonchev–Trinajstić information content (AvgIpc) is 2.23. The van der Waals surface area contributed by atoms with Gasteiger partial charge in [-0.1, -0.05) is 18.2 Å². The van der Waals surface area contributed by atoms with Crippen molar-refractivity contribution in [3.63, 3.8) is 0 Å². The average molecular weight is 193 g/mol. The smallest absolute Gasteiger partial charge is 0.254 e. The Morgan fingerprint density at radius 1 is 1.36 bits per heavy atom. The Balaban J connectivity index is 2.27. The Morgan fingerprint density at radius 2 is 2.14 bits per heavy atom. The highest BCUT2D eigenvalue weighted by molar-refractivity contribution is 5.96. The molecule has 0 spiro atoms. The third kappa shape index (κ3) is 1.50. The first-order valence-electron chi connectivity index (χ1n) is 4.76. The van der Waals surface area contributed by atoms with Gasteiger partial charge >= 0.3 is 0 Å². The molecule has 0 N–H and O–H groups in total. The molecule has 3 heteroatoms. The molecule has 0 radical (unpaired) electrons. The predicted molar refractivity (Wildman–Crippen MR) is 52.0 cm³/mol. The van der Waals surface area contributed by atoms with Crippen LogP contribution in [0.15, 0.2) is 24.3 Å². The number of rotatable bonds is 2. The van der Waals surface area contributed by atoms with Crippen molar-refractivity contribution < 1.29 is 9.18 Å². The van der Waals surface area contributed by atoms with Crippen LogP contribution in [0.1, 0.15) is 15.9 Å². The first-order valence-corrected chi connectivity index (χ1v) is 4.76. The number of fused-ring (bicyclic) bond motifs is 1. The number of hydrogen-bond acceptors (Lipinski definition) is 1. The van der Waals surface area contributed by atoms with Crippen LogP contribution in [0.2, 0.25) is 0 Å². The second-order valence-corrected chi connectivity index (χ2v) is 3.39. The highest BCUT2D eigenvalue weighted by atomic mass is 19.1. The molecular formula is C11H12FNO. The van der Waals surface area contributed by atoms with Gasteiger partial charge in [-0.3, -0.25) is 4.79 Å². The monoisotopic (exact) mass is 193 g/mol. The van der Waals surface area contributed by atoms with Crippen molar-refractivity contribution >= 4 is 5.91 Å². The van der Waals surface area contributed by atoms with E-state index >= 15 is 0 Å². The number of amides is 1. The molecule has 0 atom stereocenters. The van der Waals surface area contributed by atoms with Gasteiger partial charge in [0.25, 0.3) is 5.91 Å². The molecule has 74 valence electrons. The molecule has 0 saturated heterocycles. The summed E-state index contributed by atoms with van der Waals surface area (Å²) in [5, 5.41) is 0. The predicted octanol–water partition coefficient (Wildman–Crippen LogP) is 1.65. The quantitative estimate of drug-likeness (QED) is 0.699. The Morgan fingerprint density at radius 3 is 2.93 bits per heavy atom. The maximum absolute atomic E-state index is 12.1. The van der Waals surface area contributed by atoms with Gasteiger partial charge in [0, 0.05) is 18.7 Å². The molecule has 1 aliphatic heterocycles. The third-order valence-electron chi connectivity index (χ3n) is 2.54. The van der Waals surface area contributed by atoms with Crippen LogP contribution in [0.4, 0.5) is 4.39 Å². The van der Waals surface area contributed by atoms with E-state index in [9.17, 15) is 9.18 Å². The number of alkyl halides is 1. The summed E-state index contributed by atoms with van der Waals surface area (Å²) in [5.41, 5.74) is 1.81. The van der Waals surface area contributed by atoms with Crippen LogP contribution in [0, 0.1) is 0 Å². The molecule has 0 bridgehead atoms. The lowest BCUT2D eigenvalue weighted by Crippen LogP contribution is -2.38. The van der Waals surface area contributed by atoms with Crippen LogP contribution in [0.25, 0.3) is 0 Å². The molecular weight excluding hydrogens is 181 g/mol. The largest absolute Gasteiger partial charge is 0.336 e. The van der Waals surface area contributed by atoms with Crippen molar-refractivity contribution in [2.45, 2.75) is 6.42 Å². The fourth-order valence-corrected chi connectivity index (χ4v) is 1.79. The number of hydrogen-bond donors (Lipinski definition) is 0. The lowest BCUT2D eigenvalue weighted by Gasteiger charge is -2.27. The van der Waals surface area contributed by atoms with Gasteiger partial charge in [0.1, 0.15) is 6.67 Å². The first-order chi connectivity index (χ1) is 6.83. The van der Waals surface area contributed by atoms with E-state index < -0.39 is 6.67 Å². The Kier molecular flexibility index (Phi) is 2.48. The lowest BCUT2D eigenvalue weighted by molar-refractivity contribution is 0.0729. The molecule has 0 aromatic heterocycles. The van der Waals surface area contributed by atoms with Gasteiger partial charge in [0.05, 0.1) is 0 Å². The summed E-state index contributed by atoms with van der Waals surface area (Å²) in [4.78, 5) is 13.3. The molecule has 0 fully saturated rings. The summed E-state index contributed by atoms with van der Waals surface area (Å²) in [5.74, 6) is -0.0375. The van der Waals surface area contributed by atoms with Crippen LogP contribution in [-0.4, -0.2) is 30.6 Å². The van der Waals surface area contributed by atoms with Crippen molar-refractivity contribution in [3.05, 3.63) is 35.4 Å². The van der Waals surface area contributed by atoms with E-state index in [-0.39, 0.29) is 12.5 Å². The maximum Gasteiger partial charge on any atom is 0.254 e. The van der Waals surface area contributed by atoms with Crippen LogP contribution < -0.4 is 0 Å². The highest BCUT2D eigenvalue weighted by Gasteiger charge is 2.22. The number of halogens is 1. The van der Waals surface area contributed by atoms with Gasteiger partial charge in [0.2, 0.25) is 0 Å². The summed E-state index contributed by atoms with van der Waals surface area (Å²) < 4.78 is 12.1. The van der Waals surface area contributed by atoms with Crippen molar-refractivity contribution in [2.75, 3.05) is 19.8 Å². The molecule has 0 unspecified atom stereocenters. The number of carbonyl (C=O) groups excluding carboxylic acids is 1. The SMILES string of the molecule is O=C1c2ccccc2CCN1CCF. The van der Waals surface area contributed by atoms with Gasteiger partial charge in [-0.2, -0.15) is 0 Å². The Hall–Kier alpha value is -1.38. The summed E-state index contributed by atoms with van der Waals surface area (Å²) in [7, 11) is 0. The van der Waals surface area contributed by atoms with E-state index in [1.807, 2.05) is 24.3 Å².